The van der Waals surface area contributed by atoms with E-state index in [0.717, 1.165) is 24.4 Å². The first-order chi connectivity index (χ1) is 9.08. The first kappa shape index (κ1) is 15.3. The monoisotopic (exact) mass is 264 g/mol. The summed E-state index contributed by atoms with van der Waals surface area (Å²) in [6.45, 7) is 10.4. The standard InChI is InChI=1S/C15H24N2O2/c1-5-17(6-2)15(18)16-9-10-19-14-11-12(3)7-8-13(14)4/h7-8,11H,5-6,9-10H2,1-4H3,(H,16,18). The molecule has 2 amide bonds. The number of carbonyl (C=O) groups is 1. The molecule has 0 bridgehead atoms. The lowest BCUT2D eigenvalue weighted by atomic mass is 10.1. The van der Waals surface area contributed by atoms with Crippen molar-refractivity contribution in [3.05, 3.63) is 29.3 Å². The molecule has 0 unspecified atom stereocenters. The number of carbonyl (C=O) groups excluding carboxylic acids is 1. The molecule has 0 fully saturated rings. The van der Waals surface area contributed by atoms with Gasteiger partial charge in [-0.05, 0) is 44.9 Å². The molecule has 0 heterocycles. The van der Waals surface area contributed by atoms with Crippen molar-refractivity contribution in [3.8, 4) is 5.75 Å². The molecule has 0 atom stereocenters. The molecule has 0 aliphatic heterocycles. The Hall–Kier alpha value is -1.71. The van der Waals surface area contributed by atoms with Crippen molar-refractivity contribution in [1.29, 1.82) is 0 Å². The number of hydrogen-bond acceptors (Lipinski definition) is 2. The average molecular weight is 264 g/mol. The Bertz CT molecular complexity index is 415. The molecule has 0 radical (unpaired) electrons. The van der Waals surface area contributed by atoms with Gasteiger partial charge in [-0.2, -0.15) is 0 Å². The fourth-order valence-corrected chi connectivity index (χ4v) is 1.80. The summed E-state index contributed by atoms with van der Waals surface area (Å²) in [5.41, 5.74) is 2.29. The van der Waals surface area contributed by atoms with Gasteiger partial charge < -0.3 is 15.0 Å². The SMILES string of the molecule is CCN(CC)C(=O)NCCOc1cc(C)ccc1C. The van der Waals surface area contributed by atoms with Gasteiger partial charge in [0.2, 0.25) is 0 Å². The van der Waals surface area contributed by atoms with Crippen molar-refractivity contribution in [3.63, 3.8) is 0 Å². The van der Waals surface area contributed by atoms with E-state index in [1.807, 2.05) is 39.8 Å². The predicted octanol–water partition coefficient (Wildman–Crippen LogP) is 2.73. The summed E-state index contributed by atoms with van der Waals surface area (Å²) in [6.07, 6.45) is 0. The van der Waals surface area contributed by atoms with Crippen LogP contribution >= 0.6 is 0 Å². The van der Waals surface area contributed by atoms with Crippen molar-refractivity contribution in [2.75, 3.05) is 26.2 Å². The number of nitrogens with one attached hydrogen (secondary N) is 1. The molecule has 1 N–H and O–H groups in total. The minimum atomic E-state index is -0.0328. The second-order valence-corrected chi connectivity index (χ2v) is 4.52. The van der Waals surface area contributed by atoms with Crippen molar-refractivity contribution in [2.24, 2.45) is 0 Å². The molecule has 4 heteroatoms. The van der Waals surface area contributed by atoms with E-state index in [-0.39, 0.29) is 6.03 Å². The maximum atomic E-state index is 11.7. The van der Waals surface area contributed by atoms with Crippen LogP contribution in [0.25, 0.3) is 0 Å². The number of rotatable bonds is 6. The highest BCUT2D eigenvalue weighted by molar-refractivity contribution is 5.74. The molecule has 0 aliphatic carbocycles. The lowest BCUT2D eigenvalue weighted by Gasteiger charge is -2.19. The van der Waals surface area contributed by atoms with Crippen LogP contribution in [0.3, 0.4) is 0 Å². The first-order valence-electron chi connectivity index (χ1n) is 6.81. The smallest absolute Gasteiger partial charge is 0.317 e. The Morgan fingerprint density at radius 1 is 1.26 bits per heavy atom. The lowest BCUT2D eigenvalue weighted by molar-refractivity contribution is 0.200. The summed E-state index contributed by atoms with van der Waals surface area (Å²) in [5.74, 6) is 0.886. The molecule has 0 aliphatic rings. The number of ether oxygens (including phenoxy) is 1. The van der Waals surface area contributed by atoms with Crippen LogP contribution < -0.4 is 10.1 Å². The molecule has 1 aromatic carbocycles. The third kappa shape index (κ3) is 4.81. The number of aryl methyl sites for hydroxylation is 2. The largest absolute Gasteiger partial charge is 0.491 e. The maximum Gasteiger partial charge on any atom is 0.317 e. The first-order valence-corrected chi connectivity index (χ1v) is 6.81. The van der Waals surface area contributed by atoms with Crippen molar-refractivity contribution in [1.82, 2.24) is 10.2 Å². The summed E-state index contributed by atoms with van der Waals surface area (Å²) in [4.78, 5) is 13.4. The van der Waals surface area contributed by atoms with Crippen molar-refractivity contribution >= 4 is 6.03 Å². The number of amides is 2. The molecule has 1 aromatic rings. The summed E-state index contributed by atoms with van der Waals surface area (Å²) in [7, 11) is 0. The summed E-state index contributed by atoms with van der Waals surface area (Å²) >= 11 is 0. The summed E-state index contributed by atoms with van der Waals surface area (Å²) in [6, 6.07) is 6.08. The van der Waals surface area contributed by atoms with Gasteiger partial charge in [0.1, 0.15) is 12.4 Å². The van der Waals surface area contributed by atoms with E-state index in [1.165, 1.54) is 5.56 Å². The van der Waals surface area contributed by atoms with Gasteiger partial charge in [-0.15, -0.1) is 0 Å². The molecular weight excluding hydrogens is 240 g/mol. The highest BCUT2D eigenvalue weighted by Crippen LogP contribution is 2.18. The van der Waals surface area contributed by atoms with Crippen LogP contribution in [0, 0.1) is 13.8 Å². The molecule has 0 spiro atoms. The minimum Gasteiger partial charge on any atom is -0.491 e. The molecule has 106 valence electrons. The van der Waals surface area contributed by atoms with Gasteiger partial charge in [-0.3, -0.25) is 0 Å². The highest BCUT2D eigenvalue weighted by Gasteiger charge is 2.07. The van der Waals surface area contributed by atoms with Gasteiger partial charge in [-0.25, -0.2) is 4.79 Å². The van der Waals surface area contributed by atoms with Gasteiger partial charge >= 0.3 is 6.03 Å². The average Bonchev–Trinajstić information content (AvgIpc) is 2.40. The quantitative estimate of drug-likeness (QED) is 0.803. The molecule has 0 saturated heterocycles. The van der Waals surface area contributed by atoms with Gasteiger partial charge in [0, 0.05) is 13.1 Å². The second kappa shape index (κ2) is 7.67. The van der Waals surface area contributed by atoms with Gasteiger partial charge in [0.15, 0.2) is 0 Å². The zero-order chi connectivity index (χ0) is 14.3. The van der Waals surface area contributed by atoms with Crippen LogP contribution in [0.2, 0.25) is 0 Å². The van der Waals surface area contributed by atoms with E-state index in [4.69, 9.17) is 4.74 Å². The van der Waals surface area contributed by atoms with Gasteiger partial charge in [0.25, 0.3) is 0 Å². The summed E-state index contributed by atoms with van der Waals surface area (Å²) in [5, 5.41) is 2.85. The van der Waals surface area contributed by atoms with Crippen LogP contribution in [0.4, 0.5) is 4.79 Å². The van der Waals surface area contributed by atoms with Crippen molar-refractivity contribution < 1.29 is 9.53 Å². The number of hydrogen-bond donors (Lipinski definition) is 1. The Kier molecular flexibility index (Phi) is 6.19. The van der Waals surface area contributed by atoms with Gasteiger partial charge in [-0.1, -0.05) is 12.1 Å². The fraction of sp³-hybridized carbons (Fsp3) is 0.533. The number of benzene rings is 1. The highest BCUT2D eigenvalue weighted by atomic mass is 16.5. The zero-order valence-electron chi connectivity index (χ0n) is 12.3. The van der Waals surface area contributed by atoms with Crippen LogP contribution in [0.15, 0.2) is 18.2 Å². The van der Waals surface area contributed by atoms with Crippen LogP contribution in [-0.2, 0) is 0 Å². The molecule has 1 rings (SSSR count). The van der Waals surface area contributed by atoms with Crippen LogP contribution in [0.1, 0.15) is 25.0 Å². The van der Waals surface area contributed by atoms with E-state index in [9.17, 15) is 4.79 Å². The lowest BCUT2D eigenvalue weighted by Crippen LogP contribution is -2.41. The summed E-state index contributed by atoms with van der Waals surface area (Å²) < 4.78 is 5.68. The topological polar surface area (TPSA) is 41.6 Å². The molecule has 4 nitrogen and oxygen atoms in total. The van der Waals surface area contributed by atoms with E-state index in [1.54, 1.807) is 4.90 Å². The molecule has 19 heavy (non-hydrogen) atoms. The van der Waals surface area contributed by atoms with E-state index < -0.39 is 0 Å². The van der Waals surface area contributed by atoms with Gasteiger partial charge in [0.05, 0.1) is 6.54 Å². The fourth-order valence-electron chi connectivity index (χ4n) is 1.80. The van der Waals surface area contributed by atoms with Crippen LogP contribution in [0.5, 0.6) is 5.75 Å². The van der Waals surface area contributed by atoms with E-state index in [0.29, 0.717) is 13.2 Å². The Labute approximate surface area is 115 Å². The molecular formula is C15H24N2O2. The van der Waals surface area contributed by atoms with Crippen LogP contribution in [-0.4, -0.2) is 37.2 Å². The molecule has 0 saturated carbocycles. The van der Waals surface area contributed by atoms with E-state index in [2.05, 4.69) is 11.4 Å². The van der Waals surface area contributed by atoms with Crippen molar-refractivity contribution in [2.45, 2.75) is 27.7 Å². The Morgan fingerprint density at radius 2 is 1.95 bits per heavy atom. The third-order valence-corrected chi connectivity index (χ3v) is 3.03. The third-order valence-electron chi connectivity index (χ3n) is 3.03. The predicted molar refractivity (Wildman–Crippen MR) is 77.7 cm³/mol. The maximum absolute atomic E-state index is 11.7. The minimum absolute atomic E-state index is 0.0328. The Balaban J connectivity index is 2.35. The second-order valence-electron chi connectivity index (χ2n) is 4.52. The Morgan fingerprint density at radius 3 is 2.58 bits per heavy atom. The number of urea groups is 1. The van der Waals surface area contributed by atoms with E-state index >= 15 is 0 Å². The number of nitrogens with zero attached hydrogens (tertiary/aromatic N) is 1. The zero-order valence-corrected chi connectivity index (χ0v) is 12.3. The normalized spacial score (nSPS) is 10.1. The molecule has 0 aromatic heterocycles.